The number of pyridine rings is 1. The molecule has 2 aromatic rings. The molecule has 1 amide bonds. The molecule has 3 heterocycles. The van der Waals surface area contributed by atoms with Crippen molar-refractivity contribution in [3.05, 3.63) is 41.8 Å². The first kappa shape index (κ1) is 20.0. The summed E-state index contributed by atoms with van der Waals surface area (Å²) in [6, 6.07) is 3.50. The fraction of sp³-hybridized carbons (Fsp3) is 0.579. The highest BCUT2D eigenvalue weighted by Gasteiger charge is 2.58. The number of nitrogens with one attached hydrogen (secondary N) is 1. The number of carbonyl (C=O) groups is 1. The average Bonchev–Trinajstić information content (AvgIpc) is 3.35. The molecule has 1 aliphatic heterocycles. The molecule has 2 fully saturated rings. The van der Waals surface area contributed by atoms with Crippen LogP contribution in [-0.2, 0) is 26.7 Å². The van der Waals surface area contributed by atoms with Gasteiger partial charge in [-0.25, -0.2) is 13.1 Å². The summed E-state index contributed by atoms with van der Waals surface area (Å²) in [5.41, 5.74) is 0.345. The van der Waals surface area contributed by atoms with Gasteiger partial charge in [0.15, 0.2) is 5.82 Å². The maximum Gasteiger partial charge on any atom is 0.235 e. The van der Waals surface area contributed by atoms with Crippen LogP contribution in [0.4, 0.5) is 0 Å². The molecule has 29 heavy (non-hydrogen) atoms. The van der Waals surface area contributed by atoms with E-state index in [0.29, 0.717) is 37.6 Å². The largest absolute Gasteiger partial charge is 0.341 e. The van der Waals surface area contributed by atoms with Crippen LogP contribution in [0.3, 0.4) is 0 Å². The number of nitrogens with zero attached hydrogens (tertiary/aromatic N) is 4. The predicted octanol–water partition coefficient (Wildman–Crippen LogP) is 0.814. The van der Waals surface area contributed by atoms with Crippen molar-refractivity contribution >= 4 is 15.9 Å². The molecule has 0 unspecified atom stereocenters. The first-order valence-electron chi connectivity index (χ1n) is 9.79. The van der Waals surface area contributed by atoms with Gasteiger partial charge >= 0.3 is 0 Å². The van der Waals surface area contributed by atoms with Crippen molar-refractivity contribution in [1.29, 1.82) is 0 Å². The Kier molecular flexibility index (Phi) is 5.16. The number of rotatable bonds is 6. The number of amides is 1. The van der Waals surface area contributed by atoms with Crippen molar-refractivity contribution in [3.8, 4) is 0 Å². The Labute approximate surface area is 169 Å². The number of aryl methyl sites for hydroxylation is 1. The third-order valence-electron chi connectivity index (χ3n) is 5.99. The van der Waals surface area contributed by atoms with Crippen LogP contribution in [0.15, 0.2) is 29.0 Å². The summed E-state index contributed by atoms with van der Waals surface area (Å²) in [5.74, 6) is 1.15. The molecule has 1 aliphatic carbocycles. The first-order valence-corrected chi connectivity index (χ1v) is 11.4. The van der Waals surface area contributed by atoms with Gasteiger partial charge in [-0.1, -0.05) is 11.2 Å². The molecule has 2 aliphatic rings. The molecule has 0 radical (unpaired) electrons. The average molecular weight is 420 g/mol. The highest BCUT2D eigenvalue weighted by Crippen LogP contribution is 2.50. The van der Waals surface area contributed by atoms with Gasteiger partial charge in [0.1, 0.15) is 0 Å². The number of aromatic nitrogens is 3. The topological polar surface area (TPSA) is 118 Å². The van der Waals surface area contributed by atoms with Gasteiger partial charge in [-0.15, -0.1) is 0 Å². The lowest BCUT2D eigenvalue weighted by molar-refractivity contribution is -0.129. The van der Waals surface area contributed by atoms with Crippen LogP contribution in [0.25, 0.3) is 0 Å². The van der Waals surface area contributed by atoms with Gasteiger partial charge in [-0.2, -0.15) is 4.98 Å². The fourth-order valence-corrected chi connectivity index (χ4v) is 5.46. The van der Waals surface area contributed by atoms with E-state index < -0.39 is 15.4 Å². The predicted molar refractivity (Wildman–Crippen MR) is 104 cm³/mol. The van der Waals surface area contributed by atoms with Gasteiger partial charge in [-0.05, 0) is 44.2 Å². The molecule has 0 spiro atoms. The van der Waals surface area contributed by atoms with Crippen molar-refractivity contribution in [2.24, 2.45) is 5.92 Å². The maximum absolute atomic E-state index is 12.9. The van der Waals surface area contributed by atoms with Crippen LogP contribution in [-0.4, -0.2) is 59.2 Å². The lowest BCUT2D eigenvalue weighted by atomic mass is 9.80. The Hall–Kier alpha value is -2.33. The molecule has 156 valence electrons. The van der Waals surface area contributed by atoms with Crippen LogP contribution in [0.2, 0.25) is 0 Å². The smallest absolute Gasteiger partial charge is 0.235 e. The van der Waals surface area contributed by atoms with Gasteiger partial charge in [0.25, 0.3) is 0 Å². The molecule has 1 N–H and O–H groups in total. The Bertz CT molecular complexity index is 993. The molecular formula is C19H25N5O4S. The SMILES string of the molecule is CCS(=O)(=O)N[C@@H]1C[C@H]2CN(C(=O)Cc3cccnc3)C[C@@]2(c2nc(C)no2)C1. The van der Waals surface area contributed by atoms with E-state index in [4.69, 9.17) is 4.52 Å². The lowest BCUT2D eigenvalue weighted by Crippen LogP contribution is -2.40. The molecule has 1 saturated heterocycles. The van der Waals surface area contributed by atoms with Crippen molar-refractivity contribution in [1.82, 2.24) is 24.7 Å². The number of fused-ring (bicyclic) bond motifs is 1. The first-order chi connectivity index (χ1) is 13.8. The second-order valence-electron chi connectivity index (χ2n) is 7.97. The quantitative estimate of drug-likeness (QED) is 0.736. The van der Waals surface area contributed by atoms with Crippen molar-refractivity contribution in [2.75, 3.05) is 18.8 Å². The molecule has 10 heteroatoms. The molecule has 0 bridgehead atoms. The van der Waals surface area contributed by atoms with E-state index >= 15 is 0 Å². The number of carbonyl (C=O) groups excluding carboxylic acids is 1. The zero-order valence-corrected chi connectivity index (χ0v) is 17.4. The highest BCUT2D eigenvalue weighted by atomic mass is 32.2. The zero-order valence-electron chi connectivity index (χ0n) is 16.5. The Balaban J connectivity index is 1.56. The number of hydrogen-bond donors (Lipinski definition) is 1. The van der Waals surface area contributed by atoms with Crippen molar-refractivity contribution in [3.63, 3.8) is 0 Å². The van der Waals surface area contributed by atoms with E-state index in [-0.39, 0.29) is 30.0 Å². The fourth-order valence-electron chi connectivity index (χ4n) is 4.61. The van der Waals surface area contributed by atoms with E-state index in [1.807, 2.05) is 17.0 Å². The second kappa shape index (κ2) is 7.49. The minimum atomic E-state index is -3.31. The minimum Gasteiger partial charge on any atom is -0.341 e. The minimum absolute atomic E-state index is 0.0219. The van der Waals surface area contributed by atoms with Gasteiger partial charge in [-0.3, -0.25) is 9.78 Å². The molecular weight excluding hydrogens is 394 g/mol. The molecule has 3 atom stereocenters. The van der Waals surface area contributed by atoms with Crippen molar-refractivity contribution in [2.45, 2.75) is 44.6 Å². The normalized spacial score (nSPS) is 26.6. The monoisotopic (exact) mass is 419 g/mol. The third-order valence-corrected chi connectivity index (χ3v) is 7.44. The van der Waals surface area contributed by atoms with Gasteiger partial charge in [0.2, 0.25) is 21.8 Å². The van der Waals surface area contributed by atoms with Crippen LogP contribution in [0, 0.1) is 12.8 Å². The molecule has 4 rings (SSSR count). The molecule has 9 nitrogen and oxygen atoms in total. The highest BCUT2D eigenvalue weighted by molar-refractivity contribution is 7.89. The number of hydrogen-bond acceptors (Lipinski definition) is 7. The van der Waals surface area contributed by atoms with E-state index in [1.54, 1.807) is 26.2 Å². The standard InChI is InChI=1S/C19H25N5O4S/c1-3-29(26,27)23-16-8-15-11-24(17(25)7-14-5-4-6-20-10-14)12-19(15,9-16)18-21-13(2)22-28-18/h4-6,10,15-16,23H,3,7-9,11-12H2,1-2H3/t15-,16+,19-/m0/s1. The van der Waals surface area contributed by atoms with Crippen LogP contribution < -0.4 is 4.72 Å². The Morgan fingerprint density at radius 1 is 1.45 bits per heavy atom. The Morgan fingerprint density at radius 3 is 2.93 bits per heavy atom. The van der Waals surface area contributed by atoms with Gasteiger partial charge < -0.3 is 9.42 Å². The van der Waals surface area contributed by atoms with Gasteiger partial charge in [0, 0.05) is 31.5 Å². The third kappa shape index (κ3) is 3.91. The lowest BCUT2D eigenvalue weighted by Gasteiger charge is -2.25. The summed E-state index contributed by atoms with van der Waals surface area (Å²) in [7, 11) is -3.31. The second-order valence-corrected chi connectivity index (χ2v) is 10.0. The summed E-state index contributed by atoms with van der Waals surface area (Å²) in [6.45, 7) is 4.37. The maximum atomic E-state index is 12.9. The molecule has 1 saturated carbocycles. The molecule has 0 aromatic carbocycles. The van der Waals surface area contributed by atoms with Crippen LogP contribution in [0.1, 0.15) is 37.0 Å². The van der Waals surface area contributed by atoms with Crippen molar-refractivity contribution < 1.29 is 17.7 Å². The number of sulfonamides is 1. The summed E-state index contributed by atoms with van der Waals surface area (Å²) >= 11 is 0. The van der Waals surface area contributed by atoms with E-state index in [1.165, 1.54) is 0 Å². The van der Waals surface area contributed by atoms with Gasteiger partial charge in [0.05, 0.1) is 17.6 Å². The summed E-state index contributed by atoms with van der Waals surface area (Å²) in [6.07, 6.45) is 4.83. The van der Waals surface area contributed by atoms with Crippen LogP contribution >= 0.6 is 0 Å². The molecule has 2 aromatic heterocycles. The van der Waals surface area contributed by atoms with E-state index in [9.17, 15) is 13.2 Å². The Morgan fingerprint density at radius 2 is 2.28 bits per heavy atom. The van der Waals surface area contributed by atoms with E-state index in [2.05, 4.69) is 19.8 Å². The van der Waals surface area contributed by atoms with E-state index in [0.717, 1.165) is 5.56 Å². The summed E-state index contributed by atoms with van der Waals surface area (Å²) < 4.78 is 32.4. The van der Waals surface area contributed by atoms with Crippen LogP contribution in [0.5, 0.6) is 0 Å². The summed E-state index contributed by atoms with van der Waals surface area (Å²) in [5, 5.41) is 3.93. The summed E-state index contributed by atoms with van der Waals surface area (Å²) in [4.78, 5) is 23.3. The number of likely N-dealkylation sites (tertiary alicyclic amines) is 1. The zero-order chi connectivity index (χ0) is 20.6.